The molecule has 144 valence electrons. The highest BCUT2D eigenvalue weighted by molar-refractivity contribution is 6.67. The molecule has 7 heteroatoms. The fraction of sp³-hybridized carbons (Fsp3) is 0.632. The van der Waals surface area contributed by atoms with Gasteiger partial charge in [-0.15, -0.1) is 0 Å². The molecule has 0 bridgehead atoms. The van der Waals surface area contributed by atoms with Crippen LogP contribution in [0, 0.1) is 0 Å². The summed E-state index contributed by atoms with van der Waals surface area (Å²) in [5, 5.41) is 21.1. The van der Waals surface area contributed by atoms with Gasteiger partial charge in [0.1, 0.15) is 0 Å². The zero-order valence-electron chi connectivity index (χ0n) is 14.6. The molecule has 1 saturated carbocycles. The second-order valence-electron chi connectivity index (χ2n) is 7.55. The summed E-state index contributed by atoms with van der Waals surface area (Å²) in [4.78, 5) is 12.6. The summed E-state index contributed by atoms with van der Waals surface area (Å²) in [5.74, 6) is 0. The molecule has 2 N–H and O–H groups in total. The van der Waals surface area contributed by atoms with Crippen molar-refractivity contribution >= 4 is 40.9 Å². The van der Waals surface area contributed by atoms with Crippen LogP contribution < -0.4 is 0 Å². The van der Waals surface area contributed by atoms with Gasteiger partial charge in [0.25, 0.3) is 0 Å². The van der Waals surface area contributed by atoms with E-state index in [2.05, 4.69) is 12.1 Å². The first-order valence-electron chi connectivity index (χ1n) is 9.02. The minimum absolute atomic E-state index is 0.143. The number of hydrogen-bond donors (Lipinski definition) is 2. The highest BCUT2D eigenvalue weighted by atomic mass is 35.6. The zero-order valence-corrected chi connectivity index (χ0v) is 16.8. The lowest BCUT2D eigenvalue weighted by atomic mass is 9.58. The van der Waals surface area contributed by atoms with Gasteiger partial charge >= 0.3 is 6.09 Å². The molecule has 2 aliphatic rings. The summed E-state index contributed by atoms with van der Waals surface area (Å²) < 4.78 is -1.68. The molecule has 0 heterocycles. The molecule has 0 aromatic heterocycles. The molecule has 0 saturated heterocycles. The molecule has 1 atom stereocenters. The van der Waals surface area contributed by atoms with Crippen LogP contribution in [0.2, 0.25) is 0 Å². The normalized spacial score (nSPS) is 24.5. The quantitative estimate of drug-likeness (QED) is 0.680. The molecule has 0 radical (unpaired) electrons. The Hall–Kier alpha value is -0.680. The van der Waals surface area contributed by atoms with E-state index < -0.39 is 15.5 Å². The fourth-order valence-electron chi connectivity index (χ4n) is 4.89. The van der Waals surface area contributed by atoms with Crippen LogP contribution in [0.4, 0.5) is 4.79 Å². The molecular weight excluding hydrogens is 397 g/mol. The molecular formula is C19H24Cl3NO3. The molecule has 1 unspecified atom stereocenters. The second kappa shape index (κ2) is 7.38. The predicted octanol–water partition coefficient (Wildman–Crippen LogP) is 4.92. The maximum absolute atomic E-state index is 11.7. The molecule has 1 aromatic carbocycles. The SMILES string of the molecule is O=C(O)N(CCC1(O)CCc2ccccc2C12CCCC2)CC(Cl)(Cl)Cl. The number of halogens is 3. The van der Waals surface area contributed by atoms with Crippen LogP contribution in [0.1, 0.15) is 49.7 Å². The van der Waals surface area contributed by atoms with Gasteiger partial charge in [0.05, 0.1) is 12.1 Å². The first kappa shape index (κ1) is 20.1. The number of rotatable bonds is 4. The fourth-order valence-corrected chi connectivity index (χ4v) is 5.33. The Balaban J connectivity index is 1.85. The minimum Gasteiger partial charge on any atom is -0.465 e. The van der Waals surface area contributed by atoms with Gasteiger partial charge in [-0.2, -0.15) is 0 Å². The van der Waals surface area contributed by atoms with Crippen LogP contribution in [-0.2, 0) is 11.8 Å². The number of alkyl halides is 3. The first-order chi connectivity index (χ1) is 12.2. The van der Waals surface area contributed by atoms with Gasteiger partial charge in [0, 0.05) is 12.0 Å². The number of carboxylic acid groups (broad SMARTS) is 1. The molecule has 4 nitrogen and oxygen atoms in total. The smallest absolute Gasteiger partial charge is 0.407 e. The van der Waals surface area contributed by atoms with Gasteiger partial charge in [-0.1, -0.05) is 71.9 Å². The molecule has 1 amide bonds. The average molecular weight is 421 g/mol. The monoisotopic (exact) mass is 419 g/mol. The number of benzene rings is 1. The lowest BCUT2D eigenvalue weighted by Gasteiger charge is -2.50. The number of fused-ring (bicyclic) bond motifs is 2. The van der Waals surface area contributed by atoms with Gasteiger partial charge in [-0.25, -0.2) is 4.79 Å². The van der Waals surface area contributed by atoms with Crippen LogP contribution in [0.5, 0.6) is 0 Å². The van der Waals surface area contributed by atoms with Crippen LogP contribution in [-0.4, -0.2) is 43.7 Å². The molecule has 3 rings (SSSR count). The third-order valence-electron chi connectivity index (χ3n) is 6.12. The van der Waals surface area contributed by atoms with E-state index >= 15 is 0 Å². The van der Waals surface area contributed by atoms with Crippen molar-refractivity contribution in [2.24, 2.45) is 0 Å². The Bertz CT molecular complexity index is 670. The van der Waals surface area contributed by atoms with Crippen LogP contribution in [0.25, 0.3) is 0 Å². The van der Waals surface area contributed by atoms with Crippen molar-refractivity contribution < 1.29 is 15.0 Å². The van der Waals surface area contributed by atoms with E-state index in [-0.39, 0.29) is 18.5 Å². The number of aliphatic hydroxyl groups is 1. The second-order valence-corrected chi connectivity index (χ2v) is 10.1. The summed E-state index contributed by atoms with van der Waals surface area (Å²) in [6.07, 6.45) is 4.64. The topological polar surface area (TPSA) is 60.8 Å². The molecule has 1 spiro atoms. The molecule has 26 heavy (non-hydrogen) atoms. The van der Waals surface area contributed by atoms with Crippen molar-refractivity contribution in [3.8, 4) is 0 Å². The van der Waals surface area contributed by atoms with Gasteiger partial charge < -0.3 is 15.1 Å². The maximum atomic E-state index is 11.7. The Morgan fingerprint density at radius 1 is 1.15 bits per heavy atom. The van der Waals surface area contributed by atoms with Crippen molar-refractivity contribution in [2.45, 2.75) is 59.8 Å². The van der Waals surface area contributed by atoms with Crippen molar-refractivity contribution in [3.05, 3.63) is 35.4 Å². The van der Waals surface area contributed by atoms with Gasteiger partial charge in [-0.3, -0.25) is 0 Å². The van der Waals surface area contributed by atoms with E-state index in [0.717, 1.165) is 37.0 Å². The van der Waals surface area contributed by atoms with Crippen LogP contribution in [0.3, 0.4) is 0 Å². The Morgan fingerprint density at radius 2 is 1.81 bits per heavy atom. The van der Waals surface area contributed by atoms with Gasteiger partial charge in [0.15, 0.2) is 0 Å². The molecule has 1 fully saturated rings. The molecule has 2 aliphatic carbocycles. The summed E-state index contributed by atoms with van der Waals surface area (Å²) in [6, 6.07) is 8.33. The summed E-state index contributed by atoms with van der Waals surface area (Å²) >= 11 is 17.3. The number of hydrogen-bond acceptors (Lipinski definition) is 2. The van der Waals surface area contributed by atoms with Crippen molar-refractivity contribution in [3.63, 3.8) is 0 Å². The zero-order chi connectivity index (χ0) is 19.0. The number of carbonyl (C=O) groups is 1. The van der Waals surface area contributed by atoms with E-state index in [1.807, 2.05) is 12.1 Å². The summed E-state index contributed by atoms with van der Waals surface area (Å²) in [6.45, 7) is -0.0731. The first-order valence-corrected chi connectivity index (χ1v) is 10.2. The van der Waals surface area contributed by atoms with E-state index in [0.29, 0.717) is 12.8 Å². The Kier molecular flexibility index (Phi) is 5.70. The Morgan fingerprint density at radius 3 is 2.42 bits per heavy atom. The van der Waals surface area contributed by atoms with Crippen molar-refractivity contribution in [2.75, 3.05) is 13.1 Å². The Labute approximate surface area is 169 Å². The molecule has 0 aliphatic heterocycles. The maximum Gasteiger partial charge on any atom is 0.407 e. The lowest BCUT2D eigenvalue weighted by molar-refractivity contribution is -0.0640. The van der Waals surface area contributed by atoms with Crippen LogP contribution >= 0.6 is 34.8 Å². The number of amides is 1. The summed E-state index contributed by atoms with van der Waals surface area (Å²) in [5.41, 5.74) is 1.29. The largest absolute Gasteiger partial charge is 0.465 e. The highest BCUT2D eigenvalue weighted by Gasteiger charge is 2.55. The number of aryl methyl sites for hydroxylation is 1. The van der Waals surface area contributed by atoms with E-state index in [1.54, 1.807) is 0 Å². The lowest BCUT2D eigenvalue weighted by Crippen LogP contribution is -2.55. The van der Waals surface area contributed by atoms with Crippen molar-refractivity contribution in [1.82, 2.24) is 4.90 Å². The molecule has 1 aromatic rings. The standard InChI is InChI=1S/C19H24Cl3NO3/c20-19(21,22)13-23(16(24)25)12-11-18(26)10-7-14-5-1-2-6-15(14)17(18)8-3-4-9-17/h1-2,5-6,26H,3-4,7-13H2,(H,24,25). The number of nitrogens with zero attached hydrogens (tertiary/aromatic N) is 1. The third kappa shape index (κ3) is 3.80. The van der Waals surface area contributed by atoms with Crippen LogP contribution in [0.15, 0.2) is 24.3 Å². The van der Waals surface area contributed by atoms with Gasteiger partial charge in [-0.05, 0) is 43.2 Å². The van der Waals surface area contributed by atoms with E-state index in [1.165, 1.54) is 11.1 Å². The average Bonchev–Trinajstić information content (AvgIpc) is 3.06. The summed E-state index contributed by atoms with van der Waals surface area (Å²) in [7, 11) is 0. The van der Waals surface area contributed by atoms with Crippen molar-refractivity contribution in [1.29, 1.82) is 0 Å². The van der Waals surface area contributed by atoms with Gasteiger partial charge in [0.2, 0.25) is 3.79 Å². The highest BCUT2D eigenvalue weighted by Crippen LogP contribution is 2.55. The minimum atomic E-state index is -1.68. The van der Waals surface area contributed by atoms with E-state index in [4.69, 9.17) is 34.8 Å². The predicted molar refractivity (Wildman–Crippen MR) is 104 cm³/mol. The van der Waals surface area contributed by atoms with E-state index in [9.17, 15) is 15.0 Å². The third-order valence-corrected chi connectivity index (χ3v) is 6.48.